The average molecular weight is 303 g/mol. The summed E-state index contributed by atoms with van der Waals surface area (Å²) in [5, 5.41) is 2.52. The van der Waals surface area contributed by atoms with E-state index in [2.05, 4.69) is 10.1 Å². The molecule has 1 amide bonds. The molecule has 0 unspecified atom stereocenters. The van der Waals surface area contributed by atoms with Crippen molar-refractivity contribution >= 4 is 29.2 Å². The SMILES string of the molecule is CCN(CC(=O)Nc1ccc(F)c(Cl)c1)CC(=O)OC. The van der Waals surface area contributed by atoms with Crippen molar-refractivity contribution in [3.8, 4) is 0 Å². The minimum absolute atomic E-state index is 0.0284. The van der Waals surface area contributed by atoms with Gasteiger partial charge in [-0.3, -0.25) is 14.5 Å². The van der Waals surface area contributed by atoms with E-state index in [0.717, 1.165) is 0 Å². The van der Waals surface area contributed by atoms with Gasteiger partial charge < -0.3 is 10.1 Å². The standard InChI is InChI=1S/C13H16ClFN2O3/c1-3-17(8-13(19)20-2)7-12(18)16-9-4-5-11(15)10(14)6-9/h4-6H,3,7-8H2,1-2H3,(H,16,18). The van der Waals surface area contributed by atoms with Gasteiger partial charge in [-0.25, -0.2) is 4.39 Å². The van der Waals surface area contributed by atoms with Crippen LogP contribution in [0.4, 0.5) is 10.1 Å². The quantitative estimate of drug-likeness (QED) is 0.816. The number of carbonyl (C=O) groups is 2. The summed E-state index contributed by atoms with van der Waals surface area (Å²) in [6, 6.07) is 3.91. The fourth-order valence-electron chi connectivity index (χ4n) is 1.50. The molecule has 1 rings (SSSR count). The van der Waals surface area contributed by atoms with Crippen molar-refractivity contribution in [3.05, 3.63) is 29.0 Å². The number of ether oxygens (including phenoxy) is 1. The van der Waals surface area contributed by atoms with Crippen LogP contribution in [0.25, 0.3) is 0 Å². The highest BCUT2D eigenvalue weighted by Gasteiger charge is 2.13. The van der Waals surface area contributed by atoms with E-state index in [-0.39, 0.29) is 24.0 Å². The molecule has 0 aliphatic heterocycles. The second kappa shape index (κ2) is 7.81. The zero-order valence-electron chi connectivity index (χ0n) is 11.3. The highest BCUT2D eigenvalue weighted by molar-refractivity contribution is 6.31. The molecule has 1 N–H and O–H groups in total. The van der Waals surface area contributed by atoms with Gasteiger partial charge in [0.15, 0.2) is 0 Å². The number of rotatable bonds is 6. The lowest BCUT2D eigenvalue weighted by molar-refractivity contribution is -0.142. The van der Waals surface area contributed by atoms with Crippen LogP contribution in [0, 0.1) is 5.82 Å². The van der Waals surface area contributed by atoms with Crippen LogP contribution in [0.2, 0.25) is 5.02 Å². The molecule has 0 bridgehead atoms. The van der Waals surface area contributed by atoms with Crippen molar-refractivity contribution in [2.24, 2.45) is 0 Å². The molecule has 0 heterocycles. The average Bonchev–Trinajstić information content (AvgIpc) is 2.41. The summed E-state index contributed by atoms with van der Waals surface area (Å²) in [6.45, 7) is 2.41. The van der Waals surface area contributed by atoms with Gasteiger partial charge in [0.25, 0.3) is 0 Å². The summed E-state index contributed by atoms with van der Waals surface area (Å²) in [5.41, 5.74) is 0.399. The second-order valence-electron chi connectivity index (χ2n) is 4.06. The second-order valence-corrected chi connectivity index (χ2v) is 4.46. The maximum absolute atomic E-state index is 13.0. The Bertz CT molecular complexity index is 497. The molecular formula is C13H16ClFN2O3. The molecule has 0 fully saturated rings. The van der Waals surface area contributed by atoms with Crippen LogP contribution in [-0.2, 0) is 14.3 Å². The van der Waals surface area contributed by atoms with Crippen molar-refractivity contribution in [2.75, 3.05) is 32.1 Å². The van der Waals surface area contributed by atoms with E-state index in [9.17, 15) is 14.0 Å². The topological polar surface area (TPSA) is 58.6 Å². The zero-order chi connectivity index (χ0) is 15.1. The van der Waals surface area contributed by atoms with Gasteiger partial charge in [0.1, 0.15) is 5.82 Å². The number of nitrogens with zero attached hydrogens (tertiary/aromatic N) is 1. The summed E-state index contributed by atoms with van der Waals surface area (Å²) in [7, 11) is 1.29. The van der Waals surface area contributed by atoms with Gasteiger partial charge >= 0.3 is 5.97 Å². The first-order valence-corrected chi connectivity index (χ1v) is 6.38. The van der Waals surface area contributed by atoms with Crippen LogP contribution in [0.3, 0.4) is 0 Å². The Hall–Kier alpha value is -1.66. The number of esters is 1. The van der Waals surface area contributed by atoms with E-state index in [0.29, 0.717) is 12.2 Å². The summed E-state index contributed by atoms with van der Waals surface area (Å²) in [4.78, 5) is 24.6. The number of halogens is 2. The number of amides is 1. The number of hydrogen-bond acceptors (Lipinski definition) is 4. The van der Waals surface area contributed by atoms with Gasteiger partial charge in [0.2, 0.25) is 5.91 Å². The van der Waals surface area contributed by atoms with Gasteiger partial charge in [0.05, 0.1) is 25.2 Å². The molecule has 7 heteroatoms. The molecule has 0 radical (unpaired) electrons. The van der Waals surface area contributed by atoms with Crippen molar-refractivity contribution in [1.82, 2.24) is 4.90 Å². The van der Waals surface area contributed by atoms with Gasteiger partial charge in [-0.2, -0.15) is 0 Å². The third kappa shape index (κ3) is 5.14. The Balaban J connectivity index is 2.57. The molecule has 0 saturated heterocycles. The summed E-state index contributed by atoms with van der Waals surface area (Å²) in [5.74, 6) is -1.28. The van der Waals surface area contributed by atoms with Crippen LogP contribution in [-0.4, -0.2) is 43.5 Å². The van der Waals surface area contributed by atoms with E-state index >= 15 is 0 Å². The predicted octanol–water partition coefficient (Wildman–Crippen LogP) is 1.91. The Labute approximate surface area is 121 Å². The molecule has 1 aromatic rings. The molecular weight excluding hydrogens is 287 g/mol. The van der Waals surface area contributed by atoms with Crippen LogP contribution < -0.4 is 5.32 Å². The molecule has 0 aliphatic rings. The molecule has 0 aliphatic carbocycles. The first-order chi connectivity index (χ1) is 9.46. The maximum atomic E-state index is 13.0. The van der Waals surface area contributed by atoms with E-state index in [1.165, 1.54) is 25.3 Å². The molecule has 20 heavy (non-hydrogen) atoms. The number of benzene rings is 1. The first kappa shape index (κ1) is 16.4. The summed E-state index contributed by atoms with van der Waals surface area (Å²) < 4.78 is 17.5. The molecule has 0 atom stereocenters. The van der Waals surface area contributed by atoms with Gasteiger partial charge in [-0.05, 0) is 24.7 Å². The number of anilines is 1. The van der Waals surface area contributed by atoms with Crippen molar-refractivity contribution < 1.29 is 18.7 Å². The van der Waals surface area contributed by atoms with Crippen LogP contribution in [0.15, 0.2) is 18.2 Å². The minimum atomic E-state index is -0.550. The van der Waals surface area contributed by atoms with E-state index in [4.69, 9.17) is 11.6 Å². The molecule has 5 nitrogen and oxygen atoms in total. The van der Waals surface area contributed by atoms with Gasteiger partial charge in [-0.1, -0.05) is 18.5 Å². The number of likely N-dealkylation sites (N-methyl/N-ethyl adjacent to an activating group) is 1. The fourth-order valence-corrected chi connectivity index (χ4v) is 1.68. The molecule has 110 valence electrons. The number of carbonyl (C=O) groups excluding carboxylic acids is 2. The van der Waals surface area contributed by atoms with Crippen LogP contribution in [0.5, 0.6) is 0 Å². The van der Waals surface area contributed by atoms with Crippen molar-refractivity contribution in [3.63, 3.8) is 0 Å². The van der Waals surface area contributed by atoms with Gasteiger partial charge in [-0.15, -0.1) is 0 Å². The predicted molar refractivity (Wildman–Crippen MR) is 74.2 cm³/mol. The summed E-state index contributed by atoms with van der Waals surface area (Å²) in [6.07, 6.45) is 0. The van der Waals surface area contributed by atoms with Crippen LogP contribution >= 0.6 is 11.6 Å². The normalized spacial score (nSPS) is 10.4. The Morgan fingerprint density at radius 2 is 2.10 bits per heavy atom. The largest absolute Gasteiger partial charge is 0.468 e. The van der Waals surface area contributed by atoms with Crippen molar-refractivity contribution in [2.45, 2.75) is 6.92 Å². The summed E-state index contributed by atoms with van der Waals surface area (Å²) >= 11 is 5.62. The minimum Gasteiger partial charge on any atom is -0.468 e. The smallest absolute Gasteiger partial charge is 0.319 e. The number of nitrogens with one attached hydrogen (secondary N) is 1. The highest BCUT2D eigenvalue weighted by Crippen LogP contribution is 2.19. The third-order valence-electron chi connectivity index (χ3n) is 2.60. The molecule has 0 saturated carbocycles. The number of hydrogen-bond donors (Lipinski definition) is 1. The maximum Gasteiger partial charge on any atom is 0.319 e. The van der Waals surface area contributed by atoms with E-state index in [1.807, 2.05) is 6.92 Å². The monoisotopic (exact) mass is 302 g/mol. The Morgan fingerprint density at radius 1 is 1.40 bits per heavy atom. The fraction of sp³-hybridized carbons (Fsp3) is 0.385. The Morgan fingerprint density at radius 3 is 2.65 bits per heavy atom. The molecule has 0 spiro atoms. The van der Waals surface area contributed by atoms with Gasteiger partial charge in [0, 0.05) is 5.69 Å². The molecule has 1 aromatic carbocycles. The van der Waals surface area contributed by atoms with E-state index < -0.39 is 11.8 Å². The Kier molecular flexibility index (Phi) is 6.41. The lowest BCUT2D eigenvalue weighted by Crippen LogP contribution is -2.37. The first-order valence-electron chi connectivity index (χ1n) is 6.00. The van der Waals surface area contributed by atoms with E-state index in [1.54, 1.807) is 4.90 Å². The number of methoxy groups -OCH3 is 1. The molecule has 0 aromatic heterocycles. The zero-order valence-corrected chi connectivity index (χ0v) is 12.0. The van der Waals surface area contributed by atoms with Crippen LogP contribution in [0.1, 0.15) is 6.92 Å². The third-order valence-corrected chi connectivity index (χ3v) is 2.89. The lowest BCUT2D eigenvalue weighted by Gasteiger charge is -2.18. The highest BCUT2D eigenvalue weighted by atomic mass is 35.5. The lowest BCUT2D eigenvalue weighted by atomic mass is 10.3. The van der Waals surface area contributed by atoms with Crippen molar-refractivity contribution in [1.29, 1.82) is 0 Å².